The molecule has 0 radical (unpaired) electrons. The number of hydrogen-bond acceptors (Lipinski definition) is 5. The van der Waals surface area contributed by atoms with Crippen molar-refractivity contribution in [2.24, 2.45) is 0 Å². The Bertz CT molecular complexity index is 808. The van der Waals surface area contributed by atoms with Gasteiger partial charge in [0, 0.05) is 12.1 Å². The van der Waals surface area contributed by atoms with E-state index in [0.717, 1.165) is 17.7 Å². The molecular weight excluding hydrogens is 398 g/mol. The molecule has 1 rings (SSSR count). The largest absolute Gasteiger partial charge is 0.508 e. The smallest absolute Gasteiger partial charge is 0.408 e. The molecule has 0 aliphatic carbocycles. The Morgan fingerprint density at radius 3 is 2.23 bits per heavy atom. The highest BCUT2D eigenvalue weighted by molar-refractivity contribution is 5.93. The number of phenolic OH excluding ortho intramolecular Hbond substituents is 1. The molecule has 0 aromatic heterocycles. The van der Waals surface area contributed by atoms with E-state index in [9.17, 15) is 19.5 Å². The summed E-state index contributed by atoms with van der Waals surface area (Å²) in [5.74, 6) is -1.09. The Morgan fingerprint density at radius 2 is 1.74 bits per heavy atom. The first-order valence-electron chi connectivity index (χ1n) is 10.3. The van der Waals surface area contributed by atoms with Gasteiger partial charge in [0.2, 0.25) is 5.91 Å². The van der Waals surface area contributed by atoms with Crippen molar-refractivity contribution in [2.45, 2.75) is 78.1 Å². The zero-order valence-electron chi connectivity index (χ0n) is 19.1. The van der Waals surface area contributed by atoms with E-state index in [2.05, 4.69) is 16.7 Å². The standard InChI is InChI=1S/C23H33N3O5/c1-8-10-15(3)24-20(28)19(17-11-13-18(27)14-12-17)26(9-2)21(29)16(4)25-22(30)31-23(5,6)7/h2,11-16,19,27H,8,10H2,1,3-7H3,(H,24,28)(H,25,30). The van der Waals surface area contributed by atoms with Gasteiger partial charge in [-0.3, -0.25) is 14.5 Å². The van der Waals surface area contributed by atoms with E-state index in [1.165, 1.54) is 31.2 Å². The Balaban J connectivity index is 3.16. The van der Waals surface area contributed by atoms with Gasteiger partial charge in [0.15, 0.2) is 0 Å². The summed E-state index contributed by atoms with van der Waals surface area (Å²) in [6.45, 7) is 10.4. The minimum atomic E-state index is -1.14. The summed E-state index contributed by atoms with van der Waals surface area (Å²) in [5, 5.41) is 14.9. The van der Waals surface area contributed by atoms with Gasteiger partial charge < -0.3 is 20.5 Å². The molecular formula is C23H33N3O5. The first kappa shape index (κ1) is 25.8. The minimum absolute atomic E-state index is 0.0146. The molecule has 0 saturated carbocycles. The molecule has 8 heteroatoms. The van der Waals surface area contributed by atoms with Crippen LogP contribution in [0.3, 0.4) is 0 Å². The summed E-state index contributed by atoms with van der Waals surface area (Å²) in [5.41, 5.74) is -0.308. The van der Waals surface area contributed by atoms with Crippen LogP contribution in [-0.2, 0) is 14.3 Å². The molecule has 0 fully saturated rings. The molecule has 8 nitrogen and oxygen atoms in total. The number of carbonyl (C=O) groups is 3. The Labute approximate surface area is 184 Å². The fourth-order valence-electron chi connectivity index (χ4n) is 2.92. The van der Waals surface area contributed by atoms with Crippen molar-refractivity contribution in [3.05, 3.63) is 29.8 Å². The maximum absolute atomic E-state index is 13.1. The molecule has 1 aromatic rings. The van der Waals surface area contributed by atoms with Crippen LogP contribution in [0.2, 0.25) is 0 Å². The second kappa shape index (κ2) is 11.3. The number of carbonyl (C=O) groups excluding carboxylic acids is 3. The van der Waals surface area contributed by atoms with Crippen LogP contribution >= 0.6 is 0 Å². The SMILES string of the molecule is C#CN(C(=O)C(C)NC(=O)OC(C)(C)C)C(C(=O)NC(C)CCC)c1ccc(O)cc1. The second-order valence-electron chi connectivity index (χ2n) is 8.40. The van der Waals surface area contributed by atoms with Gasteiger partial charge in [-0.25, -0.2) is 4.79 Å². The molecule has 170 valence electrons. The molecule has 0 aliphatic rings. The Hall–Kier alpha value is -3.21. The highest BCUT2D eigenvalue weighted by atomic mass is 16.6. The van der Waals surface area contributed by atoms with Gasteiger partial charge in [-0.15, -0.1) is 0 Å². The molecule has 3 unspecified atom stereocenters. The number of hydrogen-bond donors (Lipinski definition) is 3. The predicted molar refractivity (Wildman–Crippen MR) is 118 cm³/mol. The zero-order valence-corrected chi connectivity index (χ0v) is 19.1. The predicted octanol–water partition coefficient (Wildman–Crippen LogP) is 3.07. The fourth-order valence-corrected chi connectivity index (χ4v) is 2.92. The lowest BCUT2D eigenvalue weighted by Crippen LogP contribution is -2.51. The van der Waals surface area contributed by atoms with Crippen molar-refractivity contribution in [1.82, 2.24) is 15.5 Å². The monoisotopic (exact) mass is 431 g/mol. The van der Waals surface area contributed by atoms with Gasteiger partial charge in [-0.05, 0) is 58.7 Å². The number of phenols is 1. The van der Waals surface area contributed by atoms with Crippen LogP contribution in [0, 0.1) is 12.5 Å². The molecule has 31 heavy (non-hydrogen) atoms. The van der Waals surface area contributed by atoms with Gasteiger partial charge in [0.1, 0.15) is 23.4 Å². The molecule has 3 amide bonds. The van der Waals surface area contributed by atoms with E-state index in [4.69, 9.17) is 11.2 Å². The summed E-state index contributed by atoms with van der Waals surface area (Å²) in [7, 11) is 0. The van der Waals surface area contributed by atoms with Crippen LogP contribution in [0.5, 0.6) is 5.75 Å². The number of rotatable bonds is 8. The van der Waals surface area contributed by atoms with Gasteiger partial charge in [0.25, 0.3) is 5.91 Å². The maximum atomic E-state index is 13.1. The van der Waals surface area contributed by atoms with E-state index in [0.29, 0.717) is 5.56 Å². The van der Waals surface area contributed by atoms with Crippen molar-refractivity contribution in [1.29, 1.82) is 0 Å². The number of terminal acetylenes is 1. The normalized spacial score (nSPS) is 13.8. The second-order valence-corrected chi connectivity index (χ2v) is 8.40. The summed E-state index contributed by atoms with van der Waals surface area (Å²) in [4.78, 5) is 39.1. The molecule has 0 spiro atoms. The van der Waals surface area contributed by atoms with E-state index in [-0.39, 0.29) is 11.8 Å². The van der Waals surface area contributed by atoms with E-state index in [1.807, 2.05) is 13.8 Å². The highest BCUT2D eigenvalue weighted by Crippen LogP contribution is 2.24. The third-order valence-corrected chi connectivity index (χ3v) is 4.31. The number of aromatic hydroxyl groups is 1. The summed E-state index contributed by atoms with van der Waals surface area (Å²) < 4.78 is 5.18. The van der Waals surface area contributed by atoms with Crippen LogP contribution in [0.15, 0.2) is 24.3 Å². The first-order valence-corrected chi connectivity index (χ1v) is 10.3. The zero-order chi connectivity index (χ0) is 23.8. The molecule has 0 heterocycles. The Kier molecular flexibility index (Phi) is 9.38. The van der Waals surface area contributed by atoms with E-state index < -0.39 is 35.6 Å². The molecule has 0 saturated heterocycles. The number of nitrogens with zero attached hydrogens (tertiary/aromatic N) is 1. The molecule has 0 aliphatic heterocycles. The van der Waals surface area contributed by atoms with E-state index in [1.54, 1.807) is 20.8 Å². The van der Waals surface area contributed by atoms with E-state index >= 15 is 0 Å². The van der Waals surface area contributed by atoms with Crippen molar-refractivity contribution in [2.75, 3.05) is 0 Å². The van der Waals surface area contributed by atoms with Crippen molar-refractivity contribution in [3.8, 4) is 18.2 Å². The molecule has 3 atom stereocenters. The highest BCUT2D eigenvalue weighted by Gasteiger charge is 2.34. The van der Waals surface area contributed by atoms with Crippen LogP contribution in [0.4, 0.5) is 4.79 Å². The lowest BCUT2D eigenvalue weighted by atomic mass is 10.0. The Morgan fingerprint density at radius 1 is 1.16 bits per heavy atom. The number of nitrogens with one attached hydrogen (secondary N) is 2. The maximum Gasteiger partial charge on any atom is 0.408 e. The van der Waals surface area contributed by atoms with Crippen LogP contribution < -0.4 is 10.6 Å². The summed E-state index contributed by atoms with van der Waals surface area (Å²) in [6.07, 6.45) is 6.48. The van der Waals surface area contributed by atoms with Gasteiger partial charge in [-0.1, -0.05) is 31.9 Å². The van der Waals surface area contributed by atoms with Crippen molar-refractivity contribution < 1.29 is 24.2 Å². The average molecular weight is 432 g/mol. The quantitative estimate of drug-likeness (QED) is 0.433. The summed E-state index contributed by atoms with van der Waals surface area (Å²) in [6, 6.07) is 5.84. The molecule has 0 bridgehead atoms. The number of alkyl carbamates (subject to hydrolysis) is 1. The fraction of sp³-hybridized carbons (Fsp3) is 0.522. The van der Waals surface area contributed by atoms with Crippen LogP contribution in [-0.4, -0.2) is 45.6 Å². The number of ether oxygens (including phenoxy) is 1. The lowest BCUT2D eigenvalue weighted by Gasteiger charge is -2.30. The number of benzene rings is 1. The van der Waals surface area contributed by atoms with Gasteiger partial charge in [0.05, 0.1) is 0 Å². The van der Waals surface area contributed by atoms with Gasteiger partial charge >= 0.3 is 6.09 Å². The topological polar surface area (TPSA) is 108 Å². The van der Waals surface area contributed by atoms with Crippen LogP contribution in [0.1, 0.15) is 66.0 Å². The molecule has 3 N–H and O–H groups in total. The number of amides is 3. The lowest BCUT2D eigenvalue weighted by molar-refractivity contribution is -0.138. The minimum Gasteiger partial charge on any atom is -0.508 e. The third-order valence-electron chi connectivity index (χ3n) is 4.31. The van der Waals surface area contributed by atoms with Crippen LogP contribution in [0.25, 0.3) is 0 Å². The third kappa shape index (κ3) is 8.21. The average Bonchev–Trinajstić information content (AvgIpc) is 2.64. The first-order chi connectivity index (χ1) is 14.4. The van der Waals surface area contributed by atoms with Gasteiger partial charge in [-0.2, -0.15) is 0 Å². The summed E-state index contributed by atoms with van der Waals surface area (Å²) >= 11 is 0. The van der Waals surface area contributed by atoms with Crippen molar-refractivity contribution in [3.63, 3.8) is 0 Å². The molecule has 1 aromatic carbocycles. The van der Waals surface area contributed by atoms with Crippen molar-refractivity contribution >= 4 is 17.9 Å².